The Morgan fingerprint density at radius 3 is 3.04 bits per heavy atom. The molecule has 3 rings (SSSR count). The number of allylic oxidation sites excluding steroid dienone is 1. The topological polar surface area (TPSA) is 69.6 Å². The fraction of sp³-hybridized carbons (Fsp3) is 0.368. The van der Waals surface area contributed by atoms with Crippen molar-refractivity contribution in [3.63, 3.8) is 0 Å². The first kappa shape index (κ1) is 17.2. The van der Waals surface area contributed by atoms with Crippen molar-refractivity contribution >= 4 is 16.7 Å². The van der Waals surface area contributed by atoms with E-state index in [2.05, 4.69) is 11.9 Å². The quantitative estimate of drug-likeness (QED) is 0.780. The van der Waals surface area contributed by atoms with Crippen LogP contribution in [0.15, 0.2) is 47.9 Å². The second kappa shape index (κ2) is 7.98. The zero-order chi connectivity index (χ0) is 17.6. The summed E-state index contributed by atoms with van der Waals surface area (Å²) < 4.78 is 12.7. The van der Waals surface area contributed by atoms with Crippen molar-refractivity contribution in [3.05, 3.63) is 53.5 Å². The third-order valence-electron chi connectivity index (χ3n) is 4.21. The van der Waals surface area contributed by atoms with Crippen LogP contribution < -0.4 is 15.6 Å². The lowest BCUT2D eigenvalue weighted by molar-refractivity contribution is -0.123. The van der Waals surface area contributed by atoms with Crippen molar-refractivity contribution in [1.82, 2.24) is 9.88 Å². The second-order valence-corrected chi connectivity index (χ2v) is 6.01. The summed E-state index contributed by atoms with van der Waals surface area (Å²) in [6, 6.07) is 7.08. The second-order valence-electron chi connectivity index (χ2n) is 6.01. The molecule has 25 heavy (non-hydrogen) atoms. The maximum atomic E-state index is 12.4. The van der Waals surface area contributed by atoms with Gasteiger partial charge < -0.3 is 19.4 Å². The summed E-state index contributed by atoms with van der Waals surface area (Å²) in [6.07, 6.45) is 5.49. The molecule has 0 saturated carbocycles. The molecular formula is C19H22N2O4. The number of hydrogen-bond donors (Lipinski definition) is 1. The zero-order valence-electron chi connectivity index (χ0n) is 14.1. The minimum atomic E-state index is -0.201. The lowest BCUT2D eigenvalue weighted by Crippen LogP contribution is -2.35. The van der Waals surface area contributed by atoms with Gasteiger partial charge in [0.25, 0.3) is 11.5 Å². The molecule has 1 amide bonds. The predicted octanol–water partition coefficient (Wildman–Crippen LogP) is 1.86. The number of carbonyl (C=O) groups excluding carboxylic acids is 1. The molecule has 1 atom stereocenters. The van der Waals surface area contributed by atoms with Gasteiger partial charge in [0.2, 0.25) is 0 Å². The first-order valence-electron chi connectivity index (χ1n) is 8.43. The van der Waals surface area contributed by atoms with Gasteiger partial charge >= 0.3 is 0 Å². The van der Waals surface area contributed by atoms with Crippen LogP contribution >= 0.6 is 0 Å². The van der Waals surface area contributed by atoms with Crippen LogP contribution in [0, 0.1) is 0 Å². The highest BCUT2D eigenvalue weighted by atomic mass is 16.5. The molecule has 2 heterocycles. The minimum Gasteiger partial charge on any atom is -0.483 e. The highest BCUT2D eigenvalue weighted by molar-refractivity contribution is 5.88. The molecule has 0 radical (unpaired) electrons. The molecule has 6 heteroatoms. The van der Waals surface area contributed by atoms with E-state index >= 15 is 0 Å². The molecule has 0 bridgehead atoms. The Kier molecular flexibility index (Phi) is 5.50. The number of benzene rings is 1. The molecule has 1 fully saturated rings. The van der Waals surface area contributed by atoms with Gasteiger partial charge in [-0.25, -0.2) is 0 Å². The molecule has 1 aliphatic rings. The van der Waals surface area contributed by atoms with Gasteiger partial charge in [-0.15, -0.1) is 6.58 Å². The zero-order valence-corrected chi connectivity index (χ0v) is 14.1. The number of hydrogen-bond acceptors (Lipinski definition) is 4. The molecule has 1 aromatic carbocycles. The smallest absolute Gasteiger partial charge is 0.258 e. The molecule has 0 spiro atoms. The molecular weight excluding hydrogens is 320 g/mol. The number of aromatic nitrogens is 1. The van der Waals surface area contributed by atoms with E-state index in [9.17, 15) is 9.59 Å². The summed E-state index contributed by atoms with van der Waals surface area (Å²) in [4.78, 5) is 24.4. The van der Waals surface area contributed by atoms with E-state index in [1.807, 2.05) is 6.07 Å². The monoisotopic (exact) mass is 342 g/mol. The Morgan fingerprint density at radius 1 is 1.40 bits per heavy atom. The van der Waals surface area contributed by atoms with Crippen molar-refractivity contribution in [2.75, 3.05) is 19.8 Å². The molecule has 1 aliphatic heterocycles. The highest BCUT2D eigenvalue weighted by Gasteiger charge is 2.16. The van der Waals surface area contributed by atoms with Gasteiger partial charge in [-0.2, -0.15) is 0 Å². The molecule has 6 nitrogen and oxygen atoms in total. The average molecular weight is 342 g/mol. The van der Waals surface area contributed by atoms with Crippen LogP contribution in [0.1, 0.15) is 12.8 Å². The summed E-state index contributed by atoms with van der Waals surface area (Å²) >= 11 is 0. The number of rotatable bonds is 7. The summed E-state index contributed by atoms with van der Waals surface area (Å²) in [5, 5.41) is 4.07. The van der Waals surface area contributed by atoms with Crippen LogP contribution in [-0.4, -0.2) is 36.3 Å². The van der Waals surface area contributed by atoms with E-state index in [4.69, 9.17) is 9.47 Å². The number of carbonyl (C=O) groups is 1. The van der Waals surface area contributed by atoms with Crippen molar-refractivity contribution in [2.45, 2.75) is 25.5 Å². The average Bonchev–Trinajstić information content (AvgIpc) is 3.14. The Balaban J connectivity index is 1.66. The van der Waals surface area contributed by atoms with Gasteiger partial charge in [0, 0.05) is 31.3 Å². The highest BCUT2D eigenvalue weighted by Crippen LogP contribution is 2.23. The first-order valence-corrected chi connectivity index (χ1v) is 8.43. The lowest BCUT2D eigenvalue weighted by Gasteiger charge is -2.13. The SMILES string of the molecule is C=CCn1ccc2c(OCC(=O)NCC3CCCO3)cccc2c1=O. The largest absolute Gasteiger partial charge is 0.483 e. The van der Waals surface area contributed by atoms with Gasteiger partial charge in [0.1, 0.15) is 5.75 Å². The summed E-state index contributed by atoms with van der Waals surface area (Å²) in [5.74, 6) is 0.320. The maximum Gasteiger partial charge on any atom is 0.258 e. The van der Waals surface area contributed by atoms with Gasteiger partial charge in [0.15, 0.2) is 6.61 Å². The fourth-order valence-corrected chi connectivity index (χ4v) is 2.93. The van der Waals surface area contributed by atoms with Crippen LogP contribution in [0.25, 0.3) is 10.8 Å². The Labute approximate surface area is 146 Å². The summed E-state index contributed by atoms with van der Waals surface area (Å²) in [7, 11) is 0. The third kappa shape index (κ3) is 4.09. The van der Waals surface area contributed by atoms with E-state index < -0.39 is 0 Å². The van der Waals surface area contributed by atoms with Gasteiger partial charge in [-0.05, 0) is 31.0 Å². The van der Waals surface area contributed by atoms with Gasteiger partial charge in [-0.3, -0.25) is 9.59 Å². The number of pyridine rings is 1. The summed E-state index contributed by atoms with van der Waals surface area (Å²) in [5.41, 5.74) is -0.106. The molecule has 1 N–H and O–H groups in total. The van der Waals surface area contributed by atoms with Crippen LogP contribution in [0.3, 0.4) is 0 Å². The Bertz CT molecular complexity index is 822. The molecule has 1 saturated heterocycles. The minimum absolute atomic E-state index is 0.0957. The molecule has 0 aliphatic carbocycles. The Hall–Kier alpha value is -2.60. The van der Waals surface area contributed by atoms with Crippen molar-refractivity contribution < 1.29 is 14.3 Å². The van der Waals surface area contributed by atoms with Crippen molar-refractivity contribution in [2.24, 2.45) is 0 Å². The van der Waals surface area contributed by atoms with Gasteiger partial charge in [-0.1, -0.05) is 12.1 Å². The van der Waals surface area contributed by atoms with Crippen molar-refractivity contribution in [1.29, 1.82) is 0 Å². The van der Waals surface area contributed by atoms with Crippen LogP contribution in [0.5, 0.6) is 5.75 Å². The van der Waals surface area contributed by atoms with E-state index in [0.717, 1.165) is 19.4 Å². The van der Waals surface area contributed by atoms with Crippen LogP contribution in [0.2, 0.25) is 0 Å². The van der Waals surface area contributed by atoms with Crippen molar-refractivity contribution in [3.8, 4) is 5.75 Å². The normalized spacial score (nSPS) is 16.7. The van der Waals surface area contributed by atoms with E-state index in [1.54, 1.807) is 35.0 Å². The molecule has 1 unspecified atom stereocenters. The predicted molar refractivity (Wildman–Crippen MR) is 95.9 cm³/mol. The standard InChI is InChI=1S/C19H22N2O4/c1-2-9-21-10-8-15-16(19(21)23)6-3-7-17(15)25-13-18(22)20-12-14-5-4-11-24-14/h2-3,6-8,10,14H,1,4-5,9,11-13H2,(H,20,22). The van der Waals surface area contributed by atoms with Crippen LogP contribution in [0.4, 0.5) is 0 Å². The molecule has 2 aromatic rings. The Morgan fingerprint density at radius 2 is 2.28 bits per heavy atom. The van der Waals surface area contributed by atoms with Gasteiger partial charge in [0.05, 0.1) is 11.5 Å². The fourth-order valence-electron chi connectivity index (χ4n) is 2.93. The van der Waals surface area contributed by atoms with E-state index in [-0.39, 0.29) is 24.2 Å². The molecule has 132 valence electrons. The van der Waals surface area contributed by atoms with Crippen LogP contribution in [-0.2, 0) is 16.1 Å². The maximum absolute atomic E-state index is 12.4. The number of ether oxygens (including phenoxy) is 2. The number of nitrogens with one attached hydrogen (secondary N) is 1. The number of amides is 1. The van der Waals surface area contributed by atoms with E-state index in [1.165, 1.54) is 0 Å². The molecule has 1 aromatic heterocycles. The lowest BCUT2D eigenvalue weighted by atomic mass is 10.1. The van der Waals surface area contributed by atoms with E-state index in [0.29, 0.717) is 29.6 Å². The third-order valence-corrected chi connectivity index (χ3v) is 4.21. The first-order chi connectivity index (χ1) is 12.2. The summed E-state index contributed by atoms with van der Waals surface area (Å²) in [6.45, 7) is 5.27. The number of fused-ring (bicyclic) bond motifs is 1. The number of nitrogens with zero attached hydrogens (tertiary/aromatic N) is 1.